The quantitative estimate of drug-likeness (QED) is 0.532. The van der Waals surface area contributed by atoms with Crippen LogP contribution in [0.3, 0.4) is 0 Å². The number of azo groups is 1. The number of aliphatic carboxylic acids is 1. The summed E-state index contributed by atoms with van der Waals surface area (Å²) in [5, 5.41) is 19.3. The summed E-state index contributed by atoms with van der Waals surface area (Å²) in [7, 11) is 0. The van der Waals surface area contributed by atoms with Gasteiger partial charge in [-0.3, -0.25) is 9.59 Å². The van der Waals surface area contributed by atoms with Crippen molar-refractivity contribution >= 4 is 40.0 Å². The SMILES string of the molecule is O=C(O)CCCSC(=O)Nc1ccc(N=Nc2ccccc2)cc1. The second kappa shape index (κ2) is 9.46. The van der Waals surface area contributed by atoms with Crippen LogP contribution in [0.5, 0.6) is 0 Å². The number of carboxylic acid groups (broad SMARTS) is 1. The molecular weight excluding hydrogens is 326 g/mol. The predicted molar refractivity (Wildman–Crippen MR) is 95.4 cm³/mol. The van der Waals surface area contributed by atoms with Crippen LogP contribution in [0.15, 0.2) is 64.8 Å². The van der Waals surface area contributed by atoms with Gasteiger partial charge in [-0.1, -0.05) is 30.0 Å². The summed E-state index contributed by atoms with van der Waals surface area (Å²) in [6.07, 6.45) is 0.535. The molecule has 24 heavy (non-hydrogen) atoms. The Morgan fingerprint density at radius 1 is 0.958 bits per heavy atom. The van der Waals surface area contributed by atoms with Crippen molar-refractivity contribution in [3.8, 4) is 0 Å². The molecule has 6 nitrogen and oxygen atoms in total. The monoisotopic (exact) mass is 343 g/mol. The molecule has 0 fully saturated rings. The molecule has 0 aromatic heterocycles. The van der Waals surface area contributed by atoms with Crippen molar-refractivity contribution < 1.29 is 14.7 Å². The number of benzene rings is 2. The fourth-order valence-electron chi connectivity index (χ4n) is 1.76. The molecular formula is C17H17N3O3S. The van der Waals surface area contributed by atoms with Gasteiger partial charge >= 0.3 is 5.97 Å². The van der Waals surface area contributed by atoms with Crippen LogP contribution < -0.4 is 5.32 Å². The van der Waals surface area contributed by atoms with E-state index in [2.05, 4.69) is 15.5 Å². The number of rotatable bonds is 7. The first-order valence-corrected chi connectivity index (χ1v) is 8.34. The minimum Gasteiger partial charge on any atom is -0.481 e. The lowest BCUT2D eigenvalue weighted by Gasteiger charge is -2.04. The largest absolute Gasteiger partial charge is 0.481 e. The maximum absolute atomic E-state index is 11.7. The Hall–Kier alpha value is -2.67. The van der Waals surface area contributed by atoms with E-state index >= 15 is 0 Å². The molecule has 124 valence electrons. The second-order valence-electron chi connectivity index (χ2n) is 4.84. The summed E-state index contributed by atoms with van der Waals surface area (Å²) < 4.78 is 0. The Labute approximate surface area is 144 Å². The molecule has 0 aliphatic heterocycles. The van der Waals surface area contributed by atoms with E-state index in [1.165, 1.54) is 0 Å². The first kappa shape index (κ1) is 17.7. The Morgan fingerprint density at radius 3 is 2.21 bits per heavy atom. The van der Waals surface area contributed by atoms with Gasteiger partial charge in [-0.25, -0.2) is 0 Å². The highest BCUT2D eigenvalue weighted by Crippen LogP contribution is 2.21. The van der Waals surface area contributed by atoms with E-state index in [9.17, 15) is 9.59 Å². The molecule has 0 radical (unpaired) electrons. The maximum atomic E-state index is 11.7. The lowest BCUT2D eigenvalue weighted by molar-refractivity contribution is -0.137. The Kier molecular flexibility index (Phi) is 6.97. The third-order valence-corrected chi connectivity index (χ3v) is 3.78. The van der Waals surface area contributed by atoms with E-state index in [1.54, 1.807) is 24.3 Å². The highest BCUT2D eigenvalue weighted by atomic mass is 32.2. The molecule has 0 bridgehead atoms. The van der Waals surface area contributed by atoms with Crippen LogP contribution in [0.1, 0.15) is 12.8 Å². The van der Waals surface area contributed by atoms with Crippen molar-refractivity contribution in [1.82, 2.24) is 0 Å². The highest BCUT2D eigenvalue weighted by Gasteiger charge is 2.04. The lowest BCUT2D eigenvalue weighted by atomic mass is 10.3. The number of amides is 1. The number of nitrogens with zero attached hydrogens (tertiary/aromatic N) is 2. The Bertz CT molecular complexity index is 703. The fraction of sp³-hybridized carbons (Fsp3) is 0.176. The number of thioether (sulfide) groups is 1. The number of hydrogen-bond acceptors (Lipinski definition) is 5. The molecule has 2 rings (SSSR count). The molecule has 0 spiro atoms. The van der Waals surface area contributed by atoms with Gasteiger partial charge in [0.15, 0.2) is 0 Å². The van der Waals surface area contributed by atoms with Gasteiger partial charge in [0.05, 0.1) is 11.4 Å². The molecule has 2 N–H and O–H groups in total. The molecule has 2 aromatic carbocycles. The van der Waals surface area contributed by atoms with E-state index < -0.39 is 5.97 Å². The lowest BCUT2D eigenvalue weighted by Crippen LogP contribution is -2.06. The van der Waals surface area contributed by atoms with E-state index in [-0.39, 0.29) is 11.7 Å². The smallest absolute Gasteiger partial charge is 0.303 e. The first-order chi connectivity index (χ1) is 11.6. The van der Waals surface area contributed by atoms with Crippen molar-refractivity contribution in [2.75, 3.05) is 11.1 Å². The van der Waals surface area contributed by atoms with Gasteiger partial charge in [-0.05, 0) is 42.8 Å². The van der Waals surface area contributed by atoms with Gasteiger partial charge in [0.1, 0.15) is 0 Å². The van der Waals surface area contributed by atoms with Gasteiger partial charge in [-0.2, -0.15) is 10.2 Å². The topological polar surface area (TPSA) is 91.1 Å². The minimum atomic E-state index is -0.851. The van der Waals surface area contributed by atoms with E-state index in [1.807, 2.05) is 30.3 Å². The standard InChI is InChI=1S/C17H17N3O3S/c21-16(22)7-4-12-24-17(23)18-13-8-10-15(11-9-13)20-19-14-5-2-1-3-6-14/h1-3,5-6,8-11H,4,7,12H2,(H,18,23)(H,21,22). The number of carbonyl (C=O) groups is 2. The molecule has 0 unspecified atom stereocenters. The summed E-state index contributed by atoms with van der Waals surface area (Å²) in [6.45, 7) is 0. The van der Waals surface area contributed by atoms with Crippen LogP contribution >= 0.6 is 11.8 Å². The zero-order valence-corrected chi connectivity index (χ0v) is 13.7. The first-order valence-electron chi connectivity index (χ1n) is 7.36. The van der Waals surface area contributed by atoms with Crippen LogP contribution in [0, 0.1) is 0 Å². The zero-order valence-electron chi connectivity index (χ0n) is 12.9. The number of carbonyl (C=O) groups excluding carboxylic acids is 1. The van der Waals surface area contributed by atoms with Crippen molar-refractivity contribution in [1.29, 1.82) is 0 Å². The van der Waals surface area contributed by atoms with Crippen molar-refractivity contribution in [2.45, 2.75) is 12.8 Å². The Morgan fingerprint density at radius 2 is 1.58 bits per heavy atom. The third kappa shape index (κ3) is 6.62. The van der Waals surface area contributed by atoms with Gasteiger partial charge < -0.3 is 10.4 Å². The summed E-state index contributed by atoms with van der Waals surface area (Å²) in [5.74, 6) is -0.377. The van der Waals surface area contributed by atoms with Crippen LogP contribution in [-0.4, -0.2) is 22.1 Å². The van der Waals surface area contributed by atoms with Crippen molar-refractivity contribution in [3.05, 3.63) is 54.6 Å². The van der Waals surface area contributed by atoms with E-state index in [0.29, 0.717) is 23.5 Å². The molecule has 0 saturated heterocycles. The molecule has 1 amide bonds. The number of nitrogens with one attached hydrogen (secondary N) is 1. The minimum absolute atomic E-state index is 0.0708. The van der Waals surface area contributed by atoms with Crippen LogP contribution in [0.2, 0.25) is 0 Å². The number of hydrogen-bond donors (Lipinski definition) is 2. The van der Waals surface area contributed by atoms with Crippen LogP contribution in [0.4, 0.5) is 21.9 Å². The van der Waals surface area contributed by atoms with Gasteiger partial charge in [0.2, 0.25) is 0 Å². The molecule has 7 heteroatoms. The third-order valence-electron chi connectivity index (χ3n) is 2.92. The zero-order chi connectivity index (χ0) is 17.2. The Balaban J connectivity index is 1.80. The van der Waals surface area contributed by atoms with Gasteiger partial charge in [-0.15, -0.1) is 0 Å². The number of anilines is 1. The van der Waals surface area contributed by atoms with Crippen molar-refractivity contribution in [2.24, 2.45) is 10.2 Å². The number of carboxylic acids is 1. The summed E-state index contributed by atoms with van der Waals surface area (Å²) >= 11 is 1.07. The molecule has 0 aliphatic rings. The molecule has 0 saturated carbocycles. The van der Waals surface area contributed by atoms with Gasteiger partial charge in [0, 0.05) is 17.9 Å². The van der Waals surface area contributed by atoms with Crippen molar-refractivity contribution in [3.63, 3.8) is 0 Å². The normalized spacial score (nSPS) is 10.7. The summed E-state index contributed by atoms with van der Waals surface area (Å²) in [5.41, 5.74) is 2.11. The molecule has 2 aromatic rings. The second-order valence-corrected chi connectivity index (χ2v) is 5.91. The van der Waals surface area contributed by atoms with Gasteiger partial charge in [0.25, 0.3) is 5.24 Å². The molecule has 0 aliphatic carbocycles. The molecule has 0 heterocycles. The fourth-order valence-corrected chi connectivity index (χ4v) is 2.43. The van der Waals surface area contributed by atoms with E-state index in [4.69, 9.17) is 5.11 Å². The summed E-state index contributed by atoms with van der Waals surface area (Å²) in [6, 6.07) is 16.4. The highest BCUT2D eigenvalue weighted by molar-refractivity contribution is 8.13. The van der Waals surface area contributed by atoms with E-state index in [0.717, 1.165) is 17.4 Å². The summed E-state index contributed by atoms with van der Waals surface area (Å²) in [4.78, 5) is 22.1. The average Bonchev–Trinajstić information content (AvgIpc) is 2.59. The maximum Gasteiger partial charge on any atom is 0.303 e. The predicted octanol–water partition coefficient (Wildman–Crippen LogP) is 5.23. The molecule has 0 atom stereocenters. The van der Waals surface area contributed by atoms with Crippen LogP contribution in [-0.2, 0) is 4.79 Å². The van der Waals surface area contributed by atoms with Crippen LogP contribution in [0.25, 0.3) is 0 Å². The average molecular weight is 343 g/mol.